The minimum Gasteiger partial charge on any atom is -0.481 e. The highest BCUT2D eigenvalue weighted by molar-refractivity contribution is 9.10. The van der Waals surface area contributed by atoms with E-state index in [1.165, 1.54) is 0 Å². The van der Waals surface area contributed by atoms with Gasteiger partial charge in [-0.2, -0.15) is 0 Å². The van der Waals surface area contributed by atoms with Crippen molar-refractivity contribution in [3.8, 4) is 11.5 Å². The van der Waals surface area contributed by atoms with Crippen LogP contribution in [-0.2, 0) is 11.2 Å². The van der Waals surface area contributed by atoms with Crippen LogP contribution in [0.3, 0.4) is 0 Å². The molecule has 0 atom stereocenters. The normalized spacial score (nSPS) is 11.6. The summed E-state index contributed by atoms with van der Waals surface area (Å²) in [6.45, 7) is 5.74. The van der Waals surface area contributed by atoms with Gasteiger partial charge in [-0.1, -0.05) is 19.9 Å². The fraction of sp³-hybridized carbons (Fsp3) is 0.400. The molecule has 0 aliphatic rings. The SMILES string of the molecule is Cc1ccc(-c2nnc(CC(C)(C)CC(=O)O)o2)c(Br)c1. The molecule has 2 rings (SSSR count). The summed E-state index contributed by atoms with van der Waals surface area (Å²) >= 11 is 3.48. The van der Waals surface area contributed by atoms with Crippen molar-refractivity contribution in [1.82, 2.24) is 10.2 Å². The number of carboxylic acids is 1. The zero-order valence-corrected chi connectivity index (χ0v) is 13.8. The first-order valence-corrected chi connectivity index (χ1v) is 7.37. The zero-order chi connectivity index (χ0) is 15.6. The smallest absolute Gasteiger partial charge is 0.303 e. The Morgan fingerprint density at radius 1 is 1.38 bits per heavy atom. The van der Waals surface area contributed by atoms with Gasteiger partial charge in [0.2, 0.25) is 11.8 Å². The minimum absolute atomic E-state index is 0.0545. The number of aryl methyl sites for hydroxylation is 1. The average Bonchev–Trinajstić information content (AvgIpc) is 2.74. The molecule has 0 aliphatic carbocycles. The van der Waals surface area contributed by atoms with E-state index in [1.807, 2.05) is 39.0 Å². The van der Waals surface area contributed by atoms with E-state index in [9.17, 15) is 4.79 Å². The van der Waals surface area contributed by atoms with E-state index in [2.05, 4.69) is 26.1 Å². The maximum atomic E-state index is 10.8. The van der Waals surface area contributed by atoms with E-state index >= 15 is 0 Å². The molecule has 0 saturated carbocycles. The first-order valence-electron chi connectivity index (χ1n) is 6.57. The van der Waals surface area contributed by atoms with Gasteiger partial charge in [0, 0.05) is 10.9 Å². The Labute approximate surface area is 131 Å². The van der Waals surface area contributed by atoms with Crippen molar-refractivity contribution in [2.24, 2.45) is 5.41 Å². The molecule has 0 bridgehead atoms. The van der Waals surface area contributed by atoms with Crippen LogP contribution in [0.5, 0.6) is 0 Å². The predicted octanol–water partition coefficient (Wildman–Crippen LogP) is 3.85. The molecular weight excluding hydrogens is 336 g/mol. The monoisotopic (exact) mass is 352 g/mol. The van der Waals surface area contributed by atoms with Gasteiger partial charge in [0.1, 0.15) is 0 Å². The number of benzene rings is 1. The molecule has 1 heterocycles. The number of rotatable bonds is 5. The van der Waals surface area contributed by atoms with Gasteiger partial charge in [-0.05, 0) is 46.0 Å². The zero-order valence-electron chi connectivity index (χ0n) is 12.2. The van der Waals surface area contributed by atoms with Crippen molar-refractivity contribution in [3.05, 3.63) is 34.1 Å². The maximum absolute atomic E-state index is 10.8. The number of carboxylic acid groups (broad SMARTS) is 1. The summed E-state index contributed by atoms with van der Waals surface area (Å²) in [5.74, 6) is 0.0488. The highest BCUT2D eigenvalue weighted by Crippen LogP contribution is 2.30. The van der Waals surface area contributed by atoms with E-state index in [0.717, 1.165) is 15.6 Å². The van der Waals surface area contributed by atoms with Gasteiger partial charge in [0.15, 0.2) is 0 Å². The first-order chi connectivity index (χ1) is 9.77. The Balaban J connectivity index is 2.20. The van der Waals surface area contributed by atoms with E-state index in [-0.39, 0.29) is 6.42 Å². The molecule has 0 spiro atoms. The van der Waals surface area contributed by atoms with Crippen LogP contribution in [0, 0.1) is 12.3 Å². The number of halogens is 1. The molecule has 2 aromatic rings. The van der Waals surface area contributed by atoms with Crippen LogP contribution in [0.1, 0.15) is 31.7 Å². The Kier molecular flexibility index (Phi) is 4.46. The van der Waals surface area contributed by atoms with Crippen molar-refractivity contribution in [2.75, 3.05) is 0 Å². The van der Waals surface area contributed by atoms with Gasteiger partial charge in [-0.25, -0.2) is 0 Å². The average molecular weight is 353 g/mol. The third-order valence-corrected chi connectivity index (χ3v) is 3.74. The summed E-state index contributed by atoms with van der Waals surface area (Å²) in [5, 5.41) is 17.0. The second-order valence-electron chi connectivity index (χ2n) is 5.90. The molecule has 1 aromatic carbocycles. The molecule has 1 N–H and O–H groups in total. The molecule has 5 nitrogen and oxygen atoms in total. The molecule has 21 heavy (non-hydrogen) atoms. The van der Waals surface area contributed by atoms with Gasteiger partial charge in [0.25, 0.3) is 0 Å². The van der Waals surface area contributed by atoms with Gasteiger partial charge >= 0.3 is 5.97 Å². The van der Waals surface area contributed by atoms with Crippen molar-refractivity contribution in [1.29, 1.82) is 0 Å². The third kappa shape index (κ3) is 4.14. The molecule has 6 heteroatoms. The number of hydrogen-bond donors (Lipinski definition) is 1. The van der Waals surface area contributed by atoms with Crippen LogP contribution in [0.2, 0.25) is 0 Å². The Morgan fingerprint density at radius 3 is 2.71 bits per heavy atom. The molecule has 1 aromatic heterocycles. The second kappa shape index (κ2) is 5.97. The lowest BCUT2D eigenvalue weighted by molar-refractivity contribution is -0.139. The highest BCUT2D eigenvalue weighted by atomic mass is 79.9. The van der Waals surface area contributed by atoms with Crippen LogP contribution >= 0.6 is 15.9 Å². The lowest BCUT2D eigenvalue weighted by Gasteiger charge is -2.19. The largest absolute Gasteiger partial charge is 0.481 e. The topological polar surface area (TPSA) is 76.2 Å². The van der Waals surface area contributed by atoms with Crippen molar-refractivity contribution < 1.29 is 14.3 Å². The van der Waals surface area contributed by atoms with Crippen LogP contribution in [0.4, 0.5) is 0 Å². The fourth-order valence-electron chi connectivity index (χ4n) is 2.11. The Bertz CT molecular complexity index is 665. The third-order valence-electron chi connectivity index (χ3n) is 3.08. The van der Waals surface area contributed by atoms with E-state index in [4.69, 9.17) is 9.52 Å². The number of nitrogens with zero attached hydrogens (tertiary/aromatic N) is 2. The molecular formula is C15H17BrN2O3. The fourth-order valence-corrected chi connectivity index (χ4v) is 2.77. The van der Waals surface area contributed by atoms with Crippen LogP contribution < -0.4 is 0 Å². The van der Waals surface area contributed by atoms with Gasteiger partial charge in [0.05, 0.1) is 12.0 Å². The van der Waals surface area contributed by atoms with Crippen LogP contribution in [0.15, 0.2) is 27.1 Å². The predicted molar refractivity (Wildman–Crippen MR) is 81.9 cm³/mol. The number of carbonyl (C=O) groups is 1. The first kappa shape index (κ1) is 15.7. The molecule has 0 saturated heterocycles. The quantitative estimate of drug-likeness (QED) is 0.884. The summed E-state index contributed by atoms with van der Waals surface area (Å²) in [5.41, 5.74) is 1.53. The van der Waals surface area contributed by atoms with Gasteiger partial charge in [-0.3, -0.25) is 4.79 Å². The molecule has 0 aliphatic heterocycles. The molecule has 0 fully saturated rings. The standard InChI is InChI=1S/C15H17BrN2O3/c1-9-4-5-10(11(16)6-9)14-18-17-12(21-14)7-15(2,3)8-13(19)20/h4-6H,7-8H2,1-3H3,(H,19,20). The molecule has 0 unspecified atom stereocenters. The van der Waals surface area contributed by atoms with Crippen molar-refractivity contribution >= 4 is 21.9 Å². The lowest BCUT2D eigenvalue weighted by atomic mass is 9.86. The van der Waals surface area contributed by atoms with Crippen LogP contribution in [-0.4, -0.2) is 21.3 Å². The number of hydrogen-bond acceptors (Lipinski definition) is 4. The second-order valence-corrected chi connectivity index (χ2v) is 6.75. The summed E-state index contributed by atoms with van der Waals surface area (Å²) in [4.78, 5) is 10.8. The highest BCUT2D eigenvalue weighted by Gasteiger charge is 2.25. The van der Waals surface area contributed by atoms with E-state index < -0.39 is 11.4 Å². The lowest BCUT2D eigenvalue weighted by Crippen LogP contribution is -2.19. The Hall–Kier alpha value is -1.69. The molecule has 112 valence electrons. The summed E-state index contributed by atoms with van der Waals surface area (Å²) in [6.07, 6.45) is 0.481. The van der Waals surface area contributed by atoms with E-state index in [0.29, 0.717) is 18.2 Å². The number of aliphatic carboxylic acids is 1. The summed E-state index contributed by atoms with van der Waals surface area (Å²) < 4.78 is 6.55. The van der Waals surface area contributed by atoms with Crippen LogP contribution in [0.25, 0.3) is 11.5 Å². The summed E-state index contributed by atoms with van der Waals surface area (Å²) in [7, 11) is 0. The van der Waals surface area contributed by atoms with Crippen molar-refractivity contribution in [3.63, 3.8) is 0 Å². The van der Waals surface area contributed by atoms with E-state index in [1.54, 1.807) is 0 Å². The summed E-state index contributed by atoms with van der Waals surface area (Å²) in [6, 6.07) is 5.87. The number of aromatic nitrogens is 2. The Morgan fingerprint density at radius 2 is 2.10 bits per heavy atom. The van der Waals surface area contributed by atoms with Crippen molar-refractivity contribution in [2.45, 2.75) is 33.6 Å². The maximum Gasteiger partial charge on any atom is 0.303 e. The van der Waals surface area contributed by atoms with Gasteiger partial charge in [-0.15, -0.1) is 10.2 Å². The molecule has 0 amide bonds. The van der Waals surface area contributed by atoms with Gasteiger partial charge < -0.3 is 9.52 Å². The molecule has 0 radical (unpaired) electrons. The minimum atomic E-state index is -0.832.